The Balaban J connectivity index is 1.32. The largest absolute Gasteiger partial charge is 0.491 e. The van der Waals surface area contributed by atoms with E-state index in [4.69, 9.17) is 9.47 Å². The summed E-state index contributed by atoms with van der Waals surface area (Å²) in [6, 6.07) is 7.39. The fourth-order valence-corrected chi connectivity index (χ4v) is 4.00. The van der Waals surface area contributed by atoms with Crippen LogP contribution in [0.2, 0.25) is 0 Å². The molecule has 0 radical (unpaired) electrons. The van der Waals surface area contributed by atoms with E-state index < -0.39 is 12.2 Å². The summed E-state index contributed by atoms with van der Waals surface area (Å²) >= 11 is 0. The van der Waals surface area contributed by atoms with Crippen LogP contribution >= 0.6 is 0 Å². The van der Waals surface area contributed by atoms with E-state index in [2.05, 4.69) is 9.80 Å². The predicted octanol–water partition coefficient (Wildman–Crippen LogP) is 2.14. The van der Waals surface area contributed by atoms with Crippen LogP contribution in [0.4, 0.5) is 0 Å². The van der Waals surface area contributed by atoms with Crippen molar-refractivity contribution in [1.82, 2.24) is 9.80 Å². The Morgan fingerprint density at radius 2 is 1.00 bits per heavy atom. The molecule has 6 nitrogen and oxygen atoms in total. The molecular weight excluding hydrogens is 356 g/mol. The number of hydrogen-bond acceptors (Lipinski definition) is 6. The maximum Gasteiger partial charge on any atom is 0.119 e. The number of piperidine rings is 2. The Bertz CT molecular complexity index is 493. The van der Waals surface area contributed by atoms with Crippen LogP contribution in [0.25, 0.3) is 0 Å². The van der Waals surface area contributed by atoms with Gasteiger partial charge in [0.25, 0.3) is 0 Å². The zero-order valence-corrected chi connectivity index (χ0v) is 17.0. The third-order valence-electron chi connectivity index (χ3n) is 5.54. The number of aliphatic hydroxyl groups excluding tert-OH is 2. The quantitative estimate of drug-likeness (QED) is 0.636. The van der Waals surface area contributed by atoms with Gasteiger partial charge in [0.2, 0.25) is 0 Å². The van der Waals surface area contributed by atoms with Crippen LogP contribution in [-0.4, -0.2) is 84.7 Å². The van der Waals surface area contributed by atoms with Crippen LogP contribution in [0.15, 0.2) is 24.3 Å². The first kappa shape index (κ1) is 21.4. The molecule has 2 N–H and O–H groups in total. The minimum absolute atomic E-state index is 0.297. The van der Waals surface area contributed by atoms with E-state index in [-0.39, 0.29) is 0 Å². The lowest BCUT2D eigenvalue weighted by molar-refractivity contribution is 0.0605. The van der Waals surface area contributed by atoms with Crippen LogP contribution in [0.5, 0.6) is 11.5 Å². The van der Waals surface area contributed by atoms with Crippen molar-refractivity contribution >= 4 is 0 Å². The highest BCUT2D eigenvalue weighted by atomic mass is 16.5. The Morgan fingerprint density at radius 1 is 0.643 bits per heavy atom. The van der Waals surface area contributed by atoms with Gasteiger partial charge < -0.3 is 29.5 Å². The smallest absolute Gasteiger partial charge is 0.119 e. The second-order valence-corrected chi connectivity index (χ2v) is 8.12. The molecule has 2 heterocycles. The molecule has 6 heteroatoms. The first-order valence-corrected chi connectivity index (χ1v) is 10.9. The first-order chi connectivity index (χ1) is 13.7. The van der Waals surface area contributed by atoms with Crippen molar-refractivity contribution in [3.63, 3.8) is 0 Å². The van der Waals surface area contributed by atoms with Gasteiger partial charge >= 0.3 is 0 Å². The summed E-state index contributed by atoms with van der Waals surface area (Å²) in [5, 5.41) is 20.3. The maximum atomic E-state index is 10.2. The average Bonchev–Trinajstić information content (AvgIpc) is 2.73. The van der Waals surface area contributed by atoms with E-state index >= 15 is 0 Å². The minimum atomic E-state index is -0.473. The van der Waals surface area contributed by atoms with E-state index in [9.17, 15) is 10.2 Å². The molecule has 2 fully saturated rings. The van der Waals surface area contributed by atoms with Gasteiger partial charge in [0.1, 0.15) is 36.9 Å². The Morgan fingerprint density at radius 3 is 1.36 bits per heavy atom. The van der Waals surface area contributed by atoms with Gasteiger partial charge in [-0.25, -0.2) is 0 Å². The molecule has 0 unspecified atom stereocenters. The number of rotatable bonds is 10. The lowest BCUT2D eigenvalue weighted by Gasteiger charge is -2.28. The SMILES string of the molecule is O[C@@H](COc1ccc(OC[C@H](O)CN2CCCCC2)cc1)CN1CCCCC1. The van der Waals surface area contributed by atoms with Crippen LogP contribution in [0, 0.1) is 0 Å². The molecule has 1 aromatic carbocycles. The summed E-state index contributed by atoms with van der Waals surface area (Å²) in [6.07, 6.45) is 6.55. The van der Waals surface area contributed by atoms with Gasteiger partial charge in [-0.15, -0.1) is 0 Å². The fourth-order valence-electron chi connectivity index (χ4n) is 4.00. The maximum absolute atomic E-state index is 10.2. The van der Waals surface area contributed by atoms with Gasteiger partial charge in [-0.1, -0.05) is 12.8 Å². The summed E-state index contributed by atoms with van der Waals surface area (Å²) in [6.45, 7) is 6.25. The van der Waals surface area contributed by atoms with Crippen molar-refractivity contribution < 1.29 is 19.7 Å². The second-order valence-electron chi connectivity index (χ2n) is 8.12. The number of nitrogens with zero attached hydrogens (tertiary/aromatic N) is 2. The Hall–Kier alpha value is -1.34. The molecule has 1 aromatic rings. The summed E-state index contributed by atoms with van der Waals surface area (Å²) in [5.74, 6) is 1.44. The standard InChI is InChI=1S/C22H36N2O4/c25-19(15-23-11-3-1-4-12-23)17-27-21-7-9-22(10-8-21)28-18-20(26)16-24-13-5-2-6-14-24/h7-10,19-20,25-26H,1-6,11-18H2/t19-,20-/m1/s1. The van der Waals surface area contributed by atoms with Gasteiger partial charge in [0.05, 0.1) is 0 Å². The van der Waals surface area contributed by atoms with E-state index in [1.165, 1.54) is 38.5 Å². The molecular formula is C22H36N2O4. The number of β-amino-alcohol motifs (C(OH)–C–C–N with tert-alkyl or cyclic N) is 2. The predicted molar refractivity (Wildman–Crippen MR) is 110 cm³/mol. The van der Waals surface area contributed by atoms with Crippen molar-refractivity contribution in [3.05, 3.63) is 24.3 Å². The third kappa shape index (κ3) is 7.59. The first-order valence-electron chi connectivity index (χ1n) is 10.9. The van der Waals surface area contributed by atoms with Crippen molar-refractivity contribution in [3.8, 4) is 11.5 Å². The molecule has 0 amide bonds. The average molecular weight is 393 g/mol. The molecule has 2 atom stereocenters. The number of ether oxygens (including phenoxy) is 2. The highest BCUT2D eigenvalue weighted by Gasteiger charge is 2.16. The Kier molecular flexibility index (Phi) is 8.86. The lowest BCUT2D eigenvalue weighted by Crippen LogP contribution is -2.38. The minimum Gasteiger partial charge on any atom is -0.491 e. The molecule has 158 valence electrons. The fraction of sp³-hybridized carbons (Fsp3) is 0.727. The van der Waals surface area contributed by atoms with E-state index in [1.54, 1.807) is 0 Å². The zero-order valence-electron chi connectivity index (χ0n) is 17.0. The highest BCUT2D eigenvalue weighted by Crippen LogP contribution is 2.18. The number of likely N-dealkylation sites (tertiary alicyclic amines) is 2. The molecule has 0 spiro atoms. The zero-order chi connectivity index (χ0) is 19.6. The summed E-state index contributed by atoms with van der Waals surface area (Å²) in [5.41, 5.74) is 0. The van der Waals surface area contributed by atoms with Crippen LogP contribution in [-0.2, 0) is 0 Å². The monoisotopic (exact) mass is 392 g/mol. The molecule has 2 aliphatic rings. The molecule has 2 aliphatic heterocycles. The van der Waals surface area contributed by atoms with Gasteiger partial charge in [0, 0.05) is 13.1 Å². The normalized spacial score (nSPS) is 21.2. The summed E-state index contributed by atoms with van der Waals surface area (Å²) in [7, 11) is 0. The molecule has 0 aliphatic carbocycles. The van der Waals surface area contributed by atoms with Gasteiger partial charge in [-0.05, 0) is 76.1 Å². The van der Waals surface area contributed by atoms with Gasteiger partial charge in [-0.2, -0.15) is 0 Å². The molecule has 0 bridgehead atoms. The number of hydrogen-bond donors (Lipinski definition) is 2. The molecule has 28 heavy (non-hydrogen) atoms. The van der Waals surface area contributed by atoms with E-state index in [1.807, 2.05) is 24.3 Å². The van der Waals surface area contributed by atoms with Crippen LogP contribution in [0.3, 0.4) is 0 Å². The lowest BCUT2D eigenvalue weighted by atomic mass is 10.1. The number of aliphatic hydroxyl groups is 2. The second kappa shape index (κ2) is 11.6. The topological polar surface area (TPSA) is 65.4 Å². The molecule has 0 saturated carbocycles. The summed E-state index contributed by atoms with van der Waals surface area (Å²) < 4.78 is 11.4. The van der Waals surface area contributed by atoms with Crippen molar-refractivity contribution in [2.45, 2.75) is 50.7 Å². The van der Waals surface area contributed by atoms with Gasteiger partial charge in [-0.3, -0.25) is 0 Å². The molecule has 0 aromatic heterocycles. The molecule has 2 saturated heterocycles. The van der Waals surface area contributed by atoms with Crippen LogP contribution in [0.1, 0.15) is 38.5 Å². The summed E-state index contributed by atoms with van der Waals surface area (Å²) in [4.78, 5) is 4.62. The van der Waals surface area contributed by atoms with E-state index in [0.717, 1.165) is 37.7 Å². The van der Waals surface area contributed by atoms with E-state index in [0.29, 0.717) is 26.3 Å². The number of benzene rings is 1. The van der Waals surface area contributed by atoms with Crippen molar-refractivity contribution in [2.75, 3.05) is 52.5 Å². The molecule has 3 rings (SSSR count). The Labute approximate surface area is 169 Å². The van der Waals surface area contributed by atoms with Gasteiger partial charge in [0.15, 0.2) is 0 Å². The van der Waals surface area contributed by atoms with Crippen molar-refractivity contribution in [2.24, 2.45) is 0 Å². The third-order valence-corrected chi connectivity index (χ3v) is 5.54. The van der Waals surface area contributed by atoms with Crippen molar-refractivity contribution in [1.29, 1.82) is 0 Å². The highest BCUT2D eigenvalue weighted by molar-refractivity contribution is 5.31. The van der Waals surface area contributed by atoms with Crippen LogP contribution < -0.4 is 9.47 Å².